The molecule has 5 aromatic rings. The van der Waals surface area contributed by atoms with Gasteiger partial charge in [0.25, 0.3) is 17.3 Å². The molecule has 0 atom stereocenters. The van der Waals surface area contributed by atoms with Crippen LogP contribution in [0, 0.1) is 20.2 Å². The summed E-state index contributed by atoms with van der Waals surface area (Å²) >= 11 is 0. The second-order valence-electron chi connectivity index (χ2n) is 8.55. The fourth-order valence-electron chi connectivity index (χ4n) is 4.09. The van der Waals surface area contributed by atoms with Crippen molar-refractivity contribution in [2.75, 3.05) is 5.32 Å². The number of carbonyl (C=O) groups excluding carboxylic acids is 1. The van der Waals surface area contributed by atoms with Gasteiger partial charge in [0.15, 0.2) is 24.8 Å². The monoisotopic (exact) mass is 519 g/mol. The van der Waals surface area contributed by atoms with Crippen molar-refractivity contribution in [2.45, 2.75) is 0 Å². The summed E-state index contributed by atoms with van der Waals surface area (Å²) in [6, 6.07) is 27.5. The van der Waals surface area contributed by atoms with Crippen LogP contribution >= 0.6 is 0 Å². The first-order chi connectivity index (χ1) is 18.9. The molecule has 10 nitrogen and oxygen atoms in total. The van der Waals surface area contributed by atoms with Gasteiger partial charge in [-0.2, -0.15) is 9.13 Å². The lowest BCUT2D eigenvalue weighted by molar-refractivity contribution is -0.600. The molecule has 0 aliphatic heterocycles. The van der Waals surface area contributed by atoms with E-state index in [1.807, 2.05) is 71.6 Å². The second kappa shape index (κ2) is 10.7. The van der Waals surface area contributed by atoms with Crippen LogP contribution in [0.3, 0.4) is 0 Å². The van der Waals surface area contributed by atoms with Crippen LogP contribution in [0.4, 0.5) is 17.1 Å². The maximum Gasteiger partial charge on any atom is 0.347 e. The molecule has 2 aromatic heterocycles. The van der Waals surface area contributed by atoms with Crippen molar-refractivity contribution < 1.29 is 23.8 Å². The summed E-state index contributed by atoms with van der Waals surface area (Å²) in [6.07, 6.45) is 7.09. The Balaban J connectivity index is 1.35. The number of non-ortho nitro benzene ring substituents is 1. The molecule has 0 unspecified atom stereocenters. The molecular formula is C29H21N5O5+2. The first kappa shape index (κ1) is 24.9. The number of nitro groups is 2. The number of anilines is 1. The molecule has 190 valence electrons. The summed E-state index contributed by atoms with van der Waals surface area (Å²) in [5.41, 5.74) is 3.37. The zero-order valence-electron chi connectivity index (χ0n) is 20.4. The third kappa shape index (κ3) is 5.49. The molecular weight excluding hydrogens is 498 g/mol. The predicted octanol–water partition coefficient (Wildman–Crippen LogP) is 4.98. The third-order valence-corrected chi connectivity index (χ3v) is 6.07. The molecule has 0 saturated heterocycles. The third-order valence-electron chi connectivity index (χ3n) is 6.07. The minimum atomic E-state index is -0.665. The van der Waals surface area contributed by atoms with Gasteiger partial charge < -0.3 is 5.32 Å². The molecule has 0 saturated carbocycles. The van der Waals surface area contributed by atoms with E-state index in [0.29, 0.717) is 5.56 Å². The van der Waals surface area contributed by atoms with Gasteiger partial charge in [-0.15, -0.1) is 0 Å². The first-order valence-electron chi connectivity index (χ1n) is 11.8. The van der Waals surface area contributed by atoms with E-state index in [1.165, 1.54) is 12.1 Å². The average Bonchev–Trinajstić information content (AvgIpc) is 2.97. The highest BCUT2D eigenvalue weighted by Crippen LogP contribution is 2.25. The lowest BCUT2D eigenvalue weighted by Crippen LogP contribution is -2.30. The number of nitrogens with one attached hydrogen (secondary N) is 1. The van der Waals surface area contributed by atoms with E-state index in [-0.39, 0.29) is 23.0 Å². The van der Waals surface area contributed by atoms with Crippen molar-refractivity contribution in [3.8, 4) is 22.5 Å². The number of aromatic nitrogens is 2. The molecule has 5 rings (SSSR count). The maximum atomic E-state index is 12.7. The Morgan fingerprint density at radius 2 is 1.31 bits per heavy atom. The highest BCUT2D eigenvalue weighted by atomic mass is 16.6. The quantitative estimate of drug-likeness (QED) is 0.185. The summed E-state index contributed by atoms with van der Waals surface area (Å²) in [7, 11) is 0. The first-order valence-corrected chi connectivity index (χ1v) is 11.8. The van der Waals surface area contributed by atoms with Crippen LogP contribution in [0.2, 0.25) is 0 Å². The molecule has 0 spiro atoms. The largest absolute Gasteiger partial charge is 0.347 e. The van der Waals surface area contributed by atoms with Crippen LogP contribution in [0.1, 0.15) is 10.4 Å². The summed E-state index contributed by atoms with van der Waals surface area (Å²) in [6.45, 7) is 0. The molecule has 0 radical (unpaired) electrons. The molecule has 1 amide bonds. The smallest absolute Gasteiger partial charge is 0.322 e. The van der Waals surface area contributed by atoms with Crippen molar-refractivity contribution >= 4 is 23.0 Å². The van der Waals surface area contributed by atoms with Crippen molar-refractivity contribution in [3.05, 3.63) is 148 Å². The van der Waals surface area contributed by atoms with Gasteiger partial charge in [0, 0.05) is 59.8 Å². The SMILES string of the molecule is O=C(Nc1ccccc1)c1cccc(-[n+]2ccc(-c3cc[n+](-c4ccc([N+](=O)[O-])cc4[N+](=O)[O-])cc3)cc2)c1. The number of benzene rings is 3. The number of para-hydroxylation sites is 1. The van der Waals surface area contributed by atoms with Crippen LogP contribution in [0.25, 0.3) is 22.5 Å². The van der Waals surface area contributed by atoms with Crippen molar-refractivity contribution in [1.29, 1.82) is 0 Å². The van der Waals surface area contributed by atoms with Gasteiger partial charge in [0.1, 0.15) is 6.07 Å². The number of carbonyl (C=O) groups is 1. The number of pyridine rings is 2. The minimum absolute atomic E-state index is 0.203. The number of hydrogen-bond acceptors (Lipinski definition) is 5. The lowest BCUT2D eigenvalue weighted by atomic mass is 10.1. The van der Waals surface area contributed by atoms with Crippen LogP contribution in [0.15, 0.2) is 122 Å². The Labute approximate surface area is 222 Å². The Morgan fingerprint density at radius 3 is 1.92 bits per heavy atom. The molecule has 2 heterocycles. The topological polar surface area (TPSA) is 123 Å². The highest BCUT2D eigenvalue weighted by molar-refractivity contribution is 6.04. The summed E-state index contributed by atoms with van der Waals surface area (Å²) in [5.74, 6) is -0.203. The number of nitrogens with zero attached hydrogens (tertiary/aromatic N) is 4. The lowest BCUT2D eigenvalue weighted by Gasteiger charge is -2.05. The van der Waals surface area contributed by atoms with Gasteiger partial charge in [0.2, 0.25) is 5.69 Å². The van der Waals surface area contributed by atoms with E-state index in [0.717, 1.165) is 28.6 Å². The van der Waals surface area contributed by atoms with E-state index in [2.05, 4.69) is 5.32 Å². The van der Waals surface area contributed by atoms with Crippen LogP contribution in [-0.4, -0.2) is 15.8 Å². The standard InChI is InChI=1S/C29H20N5O5/c35-29(30-24-6-2-1-3-7-24)23-5-4-8-25(19-23)31-15-11-21(12-16-31)22-13-17-32(18-14-22)27-10-9-26(33(36)37)20-28(27)34(38)39/h1-20H/q+1/p+1. The van der Waals surface area contributed by atoms with Gasteiger partial charge in [-0.25, -0.2) is 0 Å². The van der Waals surface area contributed by atoms with Crippen LogP contribution < -0.4 is 14.5 Å². The number of amides is 1. The predicted molar refractivity (Wildman–Crippen MR) is 143 cm³/mol. The Hall–Kier alpha value is -5.77. The zero-order chi connectivity index (χ0) is 27.4. The van der Waals surface area contributed by atoms with E-state index in [9.17, 15) is 25.0 Å². The van der Waals surface area contributed by atoms with Gasteiger partial charge in [-0.3, -0.25) is 25.0 Å². The number of nitro benzene ring substituents is 2. The van der Waals surface area contributed by atoms with Gasteiger partial charge in [0.05, 0.1) is 9.85 Å². The molecule has 0 bridgehead atoms. The summed E-state index contributed by atoms with van der Waals surface area (Å²) in [5, 5.41) is 25.4. The fraction of sp³-hybridized carbons (Fsp3) is 0. The summed E-state index contributed by atoms with van der Waals surface area (Å²) < 4.78 is 3.44. The zero-order valence-corrected chi connectivity index (χ0v) is 20.4. The minimum Gasteiger partial charge on any atom is -0.322 e. The van der Waals surface area contributed by atoms with Crippen LogP contribution in [0.5, 0.6) is 0 Å². The second-order valence-corrected chi connectivity index (χ2v) is 8.55. The molecule has 1 N–H and O–H groups in total. The molecule has 10 heteroatoms. The molecule has 39 heavy (non-hydrogen) atoms. The van der Waals surface area contributed by atoms with Crippen molar-refractivity contribution in [1.82, 2.24) is 0 Å². The molecule has 0 fully saturated rings. The van der Waals surface area contributed by atoms with E-state index in [1.54, 1.807) is 41.2 Å². The maximum absolute atomic E-state index is 12.7. The Bertz CT molecular complexity index is 1690. The van der Waals surface area contributed by atoms with E-state index < -0.39 is 9.85 Å². The van der Waals surface area contributed by atoms with E-state index >= 15 is 0 Å². The number of hydrogen-bond donors (Lipinski definition) is 1. The Morgan fingerprint density at radius 1 is 0.667 bits per heavy atom. The van der Waals surface area contributed by atoms with Gasteiger partial charge >= 0.3 is 5.69 Å². The number of rotatable bonds is 7. The van der Waals surface area contributed by atoms with Crippen molar-refractivity contribution in [2.24, 2.45) is 0 Å². The Kier molecular flexibility index (Phi) is 6.83. The van der Waals surface area contributed by atoms with Gasteiger partial charge in [-0.05, 0) is 29.3 Å². The van der Waals surface area contributed by atoms with E-state index in [4.69, 9.17) is 0 Å². The molecule has 0 aliphatic rings. The van der Waals surface area contributed by atoms with Crippen molar-refractivity contribution in [3.63, 3.8) is 0 Å². The normalized spacial score (nSPS) is 10.6. The van der Waals surface area contributed by atoms with Gasteiger partial charge in [-0.1, -0.05) is 24.3 Å². The summed E-state index contributed by atoms with van der Waals surface area (Å²) in [4.78, 5) is 33.9. The highest BCUT2D eigenvalue weighted by Gasteiger charge is 2.26. The fourth-order valence-corrected chi connectivity index (χ4v) is 4.09. The molecule has 3 aromatic carbocycles. The van der Waals surface area contributed by atoms with Crippen LogP contribution in [-0.2, 0) is 0 Å². The molecule has 0 aliphatic carbocycles. The average molecular weight is 520 g/mol.